The van der Waals surface area contributed by atoms with E-state index >= 15 is 0 Å². The van der Waals surface area contributed by atoms with Crippen molar-refractivity contribution in [1.29, 1.82) is 0 Å². The Balaban J connectivity index is 1.62. The number of carbonyl (C=O) groups excluding carboxylic acids is 1. The molecule has 122 valence electrons. The number of nitrogens with zero attached hydrogens (tertiary/aromatic N) is 2. The molecule has 4 heteroatoms. The van der Waals surface area contributed by atoms with E-state index in [0.29, 0.717) is 11.8 Å². The van der Waals surface area contributed by atoms with Crippen molar-refractivity contribution < 1.29 is 4.79 Å². The zero-order valence-electron chi connectivity index (χ0n) is 14.1. The molecular formula is C17H33N3O. The second kappa shape index (κ2) is 8.02. The fourth-order valence-corrected chi connectivity index (χ4v) is 3.86. The van der Waals surface area contributed by atoms with E-state index in [4.69, 9.17) is 0 Å². The van der Waals surface area contributed by atoms with Gasteiger partial charge in [0.2, 0.25) is 0 Å². The van der Waals surface area contributed by atoms with Crippen molar-refractivity contribution in [1.82, 2.24) is 15.1 Å². The summed E-state index contributed by atoms with van der Waals surface area (Å²) in [5, 5.41) is 3.14. The summed E-state index contributed by atoms with van der Waals surface area (Å²) in [6.07, 6.45) is 7.81. The van der Waals surface area contributed by atoms with Gasteiger partial charge < -0.3 is 15.1 Å². The number of likely N-dealkylation sites (tertiary alicyclic amines) is 1. The van der Waals surface area contributed by atoms with E-state index in [1.807, 2.05) is 11.9 Å². The predicted molar refractivity (Wildman–Crippen MR) is 87.4 cm³/mol. The lowest BCUT2D eigenvalue weighted by molar-refractivity contribution is 0.194. The van der Waals surface area contributed by atoms with Crippen LogP contribution in [0.1, 0.15) is 45.4 Å². The average molecular weight is 295 g/mol. The molecule has 2 amide bonds. The zero-order chi connectivity index (χ0) is 15.2. The van der Waals surface area contributed by atoms with Gasteiger partial charge in [-0.25, -0.2) is 4.79 Å². The Labute approximate surface area is 130 Å². The SMILES string of the molecule is CCC1CCC(CNC(=O)N(C)C[C@H]2CCN(C)C2)CC1. The van der Waals surface area contributed by atoms with E-state index in [9.17, 15) is 4.79 Å². The molecular weight excluding hydrogens is 262 g/mol. The lowest BCUT2D eigenvalue weighted by Crippen LogP contribution is -2.42. The molecule has 0 radical (unpaired) electrons. The van der Waals surface area contributed by atoms with Crippen LogP contribution in [0.25, 0.3) is 0 Å². The Morgan fingerprint density at radius 2 is 1.81 bits per heavy atom. The molecule has 1 atom stereocenters. The number of amides is 2. The van der Waals surface area contributed by atoms with Gasteiger partial charge in [0.15, 0.2) is 0 Å². The van der Waals surface area contributed by atoms with Crippen molar-refractivity contribution >= 4 is 6.03 Å². The van der Waals surface area contributed by atoms with E-state index in [-0.39, 0.29) is 6.03 Å². The average Bonchev–Trinajstić information content (AvgIpc) is 2.90. The van der Waals surface area contributed by atoms with Gasteiger partial charge in [-0.15, -0.1) is 0 Å². The number of nitrogens with one attached hydrogen (secondary N) is 1. The third-order valence-corrected chi connectivity index (χ3v) is 5.45. The summed E-state index contributed by atoms with van der Waals surface area (Å²) in [7, 11) is 4.09. The fraction of sp³-hybridized carbons (Fsp3) is 0.941. The van der Waals surface area contributed by atoms with E-state index in [1.165, 1.54) is 45.1 Å². The molecule has 0 bridgehead atoms. The standard InChI is InChI=1S/C17H33N3O/c1-4-14-5-7-15(8-6-14)11-18-17(21)20(3)13-16-9-10-19(2)12-16/h14-16H,4-13H2,1-3H3,(H,18,21)/t14?,15?,16-/m0/s1. The highest BCUT2D eigenvalue weighted by molar-refractivity contribution is 5.73. The molecule has 1 aliphatic carbocycles. The first-order chi connectivity index (χ1) is 10.1. The third-order valence-electron chi connectivity index (χ3n) is 5.45. The maximum Gasteiger partial charge on any atom is 0.317 e. The highest BCUT2D eigenvalue weighted by Gasteiger charge is 2.24. The van der Waals surface area contributed by atoms with Crippen LogP contribution in [0.3, 0.4) is 0 Å². The van der Waals surface area contributed by atoms with Crippen LogP contribution in [0.4, 0.5) is 4.79 Å². The number of urea groups is 1. The topological polar surface area (TPSA) is 35.6 Å². The summed E-state index contributed by atoms with van der Waals surface area (Å²) in [6, 6.07) is 0.113. The first kappa shape index (κ1) is 16.6. The minimum Gasteiger partial charge on any atom is -0.338 e. The summed E-state index contributed by atoms with van der Waals surface area (Å²) in [6.45, 7) is 6.34. The molecule has 0 spiro atoms. The van der Waals surface area contributed by atoms with Crippen molar-refractivity contribution in [2.45, 2.75) is 45.4 Å². The van der Waals surface area contributed by atoms with Gasteiger partial charge in [0, 0.05) is 26.7 Å². The highest BCUT2D eigenvalue weighted by atomic mass is 16.2. The van der Waals surface area contributed by atoms with Crippen LogP contribution < -0.4 is 5.32 Å². The van der Waals surface area contributed by atoms with Gasteiger partial charge in [0.25, 0.3) is 0 Å². The van der Waals surface area contributed by atoms with Gasteiger partial charge >= 0.3 is 6.03 Å². The van der Waals surface area contributed by atoms with E-state index < -0.39 is 0 Å². The first-order valence-electron chi connectivity index (χ1n) is 8.76. The number of hydrogen-bond donors (Lipinski definition) is 1. The largest absolute Gasteiger partial charge is 0.338 e. The van der Waals surface area contributed by atoms with Crippen LogP contribution in [0, 0.1) is 17.8 Å². The van der Waals surface area contributed by atoms with Crippen LogP contribution >= 0.6 is 0 Å². The molecule has 0 unspecified atom stereocenters. The lowest BCUT2D eigenvalue weighted by atomic mass is 9.81. The Kier molecular flexibility index (Phi) is 6.34. The minimum absolute atomic E-state index is 0.113. The van der Waals surface area contributed by atoms with Crippen LogP contribution in [0.15, 0.2) is 0 Å². The lowest BCUT2D eigenvalue weighted by Gasteiger charge is -2.29. The van der Waals surface area contributed by atoms with Crippen LogP contribution in [-0.4, -0.2) is 56.1 Å². The minimum atomic E-state index is 0.113. The molecule has 0 aromatic heterocycles. The summed E-state index contributed by atoms with van der Waals surface area (Å²) in [5.41, 5.74) is 0. The summed E-state index contributed by atoms with van der Waals surface area (Å²) in [4.78, 5) is 16.4. The molecule has 2 rings (SSSR count). The van der Waals surface area contributed by atoms with Crippen LogP contribution in [0.5, 0.6) is 0 Å². The Morgan fingerprint density at radius 1 is 1.14 bits per heavy atom. The van der Waals surface area contributed by atoms with Crippen molar-refractivity contribution in [3.05, 3.63) is 0 Å². The van der Waals surface area contributed by atoms with Crippen molar-refractivity contribution in [3.63, 3.8) is 0 Å². The maximum absolute atomic E-state index is 12.2. The van der Waals surface area contributed by atoms with Gasteiger partial charge in [0.05, 0.1) is 0 Å². The first-order valence-corrected chi connectivity index (χ1v) is 8.76. The Bertz CT molecular complexity index is 326. The van der Waals surface area contributed by atoms with Gasteiger partial charge in [-0.2, -0.15) is 0 Å². The van der Waals surface area contributed by atoms with Gasteiger partial charge in [-0.3, -0.25) is 0 Å². The molecule has 1 N–H and O–H groups in total. The maximum atomic E-state index is 12.2. The molecule has 1 heterocycles. The summed E-state index contributed by atoms with van der Waals surface area (Å²) in [5.74, 6) is 2.27. The Hall–Kier alpha value is -0.770. The second-order valence-electron chi connectivity index (χ2n) is 7.28. The van der Waals surface area contributed by atoms with Crippen LogP contribution in [-0.2, 0) is 0 Å². The molecule has 2 fully saturated rings. The summed E-state index contributed by atoms with van der Waals surface area (Å²) >= 11 is 0. The van der Waals surface area contributed by atoms with Crippen molar-refractivity contribution in [2.75, 3.05) is 40.3 Å². The molecule has 1 saturated carbocycles. The molecule has 1 saturated heterocycles. The van der Waals surface area contributed by atoms with Crippen LogP contribution in [0.2, 0.25) is 0 Å². The van der Waals surface area contributed by atoms with E-state index in [2.05, 4.69) is 24.2 Å². The van der Waals surface area contributed by atoms with Crippen molar-refractivity contribution in [2.24, 2.45) is 17.8 Å². The molecule has 0 aromatic rings. The molecule has 21 heavy (non-hydrogen) atoms. The van der Waals surface area contributed by atoms with Gasteiger partial charge in [-0.05, 0) is 50.6 Å². The number of carbonyl (C=O) groups is 1. The zero-order valence-corrected chi connectivity index (χ0v) is 14.1. The smallest absolute Gasteiger partial charge is 0.317 e. The normalized spacial score (nSPS) is 30.3. The number of hydrogen-bond acceptors (Lipinski definition) is 2. The number of rotatable bonds is 5. The fourth-order valence-electron chi connectivity index (χ4n) is 3.86. The third kappa shape index (κ3) is 5.17. The van der Waals surface area contributed by atoms with Gasteiger partial charge in [-0.1, -0.05) is 26.2 Å². The predicted octanol–water partition coefficient (Wildman–Crippen LogP) is 2.80. The Morgan fingerprint density at radius 3 is 2.38 bits per heavy atom. The van der Waals surface area contributed by atoms with E-state index in [0.717, 1.165) is 25.6 Å². The summed E-state index contributed by atoms with van der Waals surface area (Å²) < 4.78 is 0. The highest BCUT2D eigenvalue weighted by Crippen LogP contribution is 2.30. The molecule has 1 aliphatic heterocycles. The molecule has 0 aromatic carbocycles. The molecule has 2 aliphatic rings. The monoisotopic (exact) mass is 295 g/mol. The van der Waals surface area contributed by atoms with E-state index in [1.54, 1.807) is 0 Å². The second-order valence-corrected chi connectivity index (χ2v) is 7.28. The van der Waals surface area contributed by atoms with Gasteiger partial charge in [0.1, 0.15) is 0 Å². The quantitative estimate of drug-likeness (QED) is 0.846. The molecule has 4 nitrogen and oxygen atoms in total. The van der Waals surface area contributed by atoms with Crippen molar-refractivity contribution in [3.8, 4) is 0 Å².